The first kappa shape index (κ1) is 12.2. The van der Waals surface area contributed by atoms with Crippen LogP contribution in [0.5, 0.6) is 0 Å². The molecule has 0 unspecified atom stereocenters. The van der Waals surface area contributed by atoms with Crippen molar-refractivity contribution in [2.45, 2.75) is 38.3 Å². The van der Waals surface area contributed by atoms with Gasteiger partial charge in [-0.3, -0.25) is 0 Å². The highest BCUT2D eigenvalue weighted by Crippen LogP contribution is 2.27. The minimum atomic E-state index is 0.581. The van der Waals surface area contributed by atoms with Crippen molar-refractivity contribution in [2.24, 2.45) is 5.92 Å². The molecule has 3 aliphatic rings. The van der Waals surface area contributed by atoms with E-state index in [9.17, 15) is 0 Å². The Bertz CT molecular complexity index is 368. The Hall–Kier alpha value is -0.860. The summed E-state index contributed by atoms with van der Waals surface area (Å²) in [5.74, 6) is 0.924. The Morgan fingerprint density at radius 2 is 1.94 bits per heavy atom. The third-order valence-corrected chi connectivity index (χ3v) is 4.54. The summed E-state index contributed by atoms with van der Waals surface area (Å²) in [7, 11) is 0. The fourth-order valence-electron chi connectivity index (χ4n) is 3.55. The summed E-state index contributed by atoms with van der Waals surface area (Å²) in [6.45, 7) is 6.25. The molecule has 3 heterocycles. The van der Waals surface area contributed by atoms with Crippen LogP contribution >= 0.6 is 0 Å². The van der Waals surface area contributed by atoms with Gasteiger partial charge in [0.15, 0.2) is 0 Å². The van der Waals surface area contributed by atoms with Gasteiger partial charge in [-0.2, -0.15) is 0 Å². The van der Waals surface area contributed by atoms with Crippen molar-refractivity contribution in [1.29, 1.82) is 0 Å². The Labute approximate surface area is 110 Å². The lowest BCUT2D eigenvalue weighted by Crippen LogP contribution is -2.57. The number of fused-ring (bicyclic) bond motifs is 3. The second kappa shape index (κ2) is 5.41. The number of piperidine rings is 3. The molecule has 1 aromatic carbocycles. The maximum Gasteiger partial charge on any atom is 0.0226 e. The van der Waals surface area contributed by atoms with Gasteiger partial charge >= 0.3 is 0 Å². The van der Waals surface area contributed by atoms with E-state index < -0.39 is 0 Å². The molecule has 0 spiro atoms. The fourth-order valence-corrected chi connectivity index (χ4v) is 3.55. The molecule has 2 atom stereocenters. The fraction of sp³-hybridized carbons (Fsp3) is 0.625. The van der Waals surface area contributed by atoms with Crippen LogP contribution in [0.2, 0.25) is 0 Å². The molecule has 0 amide bonds. The van der Waals surface area contributed by atoms with Crippen LogP contribution in [0.15, 0.2) is 30.3 Å². The summed E-state index contributed by atoms with van der Waals surface area (Å²) in [4.78, 5) is 2.62. The number of nitrogens with one attached hydrogen (secondary N) is 1. The van der Waals surface area contributed by atoms with Crippen molar-refractivity contribution < 1.29 is 0 Å². The van der Waals surface area contributed by atoms with Crippen molar-refractivity contribution >= 4 is 0 Å². The highest BCUT2D eigenvalue weighted by Gasteiger charge is 2.34. The summed E-state index contributed by atoms with van der Waals surface area (Å²) in [5.41, 5.74) is 1.44. The van der Waals surface area contributed by atoms with Crippen LogP contribution in [-0.4, -0.2) is 36.6 Å². The molecule has 0 aromatic heterocycles. The summed E-state index contributed by atoms with van der Waals surface area (Å²) in [6.07, 6.45) is 3.94. The van der Waals surface area contributed by atoms with Crippen molar-refractivity contribution in [1.82, 2.24) is 10.2 Å². The molecular formula is C16H24N2. The molecule has 3 fully saturated rings. The lowest BCUT2D eigenvalue weighted by atomic mass is 9.83. The molecule has 3 aliphatic heterocycles. The van der Waals surface area contributed by atoms with E-state index in [1.54, 1.807) is 0 Å². The van der Waals surface area contributed by atoms with Crippen LogP contribution in [0.25, 0.3) is 0 Å². The number of hydrogen-bond donors (Lipinski definition) is 1. The minimum Gasteiger partial charge on any atom is -0.310 e. The Morgan fingerprint density at radius 1 is 1.22 bits per heavy atom. The highest BCUT2D eigenvalue weighted by molar-refractivity contribution is 5.15. The van der Waals surface area contributed by atoms with Crippen LogP contribution in [0.1, 0.15) is 25.3 Å². The molecule has 4 rings (SSSR count). The first-order valence-electron chi connectivity index (χ1n) is 7.33. The van der Waals surface area contributed by atoms with Crippen molar-refractivity contribution in [3.63, 3.8) is 0 Å². The number of benzene rings is 1. The molecule has 2 bridgehead atoms. The third kappa shape index (κ3) is 2.76. The third-order valence-electron chi connectivity index (χ3n) is 4.54. The first-order chi connectivity index (χ1) is 8.81. The van der Waals surface area contributed by atoms with Crippen LogP contribution in [0, 0.1) is 5.92 Å². The first-order valence-corrected chi connectivity index (χ1v) is 7.33. The van der Waals surface area contributed by atoms with Crippen LogP contribution in [-0.2, 0) is 6.42 Å². The quantitative estimate of drug-likeness (QED) is 0.874. The standard InChI is InChI=1S/C16H24N2/c1-13(11-14-5-3-2-4-6-14)17-16-12-18-9-7-15(16)8-10-18/h2-6,13,15-17H,7-12H2,1H3/t13-,16-/m0/s1. The van der Waals surface area contributed by atoms with Crippen LogP contribution < -0.4 is 5.32 Å². The van der Waals surface area contributed by atoms with Crippen LogP contribution in [0.4, 0.5) is 0 Å². The topological polar surface area (TPSA) is 15.3 Å². The van der Waals surface area contributed by atoms with Gasteiger partial charge in [0.1, 0.15) is 0 Å². The van der Waals surface area contributed by atoms with E-state index in [4.69, 9.17) is 0 Å². The van der Waals surface area contributed by atoms with Crippen molar-refractivity contribution in [3.05, 3.63) is 35.9 Å². The highest BCUT2D eigenvalue weighted by atomic mass is 15.2. The molecule has 98 valence electrons. The smallest absolute Gasteiger partial charge is 0.0226 e. The van der Waals surface area contributed by atoms with Gasteiger partial charge in [0.25, 0.3) is 0 Å². The maximum atomic E-state index is 3.86. The number of nitrogens with zero attached hydrogens (tertiary/aromatic N) is 1. The SMILES string of the molecule is C[C@@H](Cc1ccccc1)N[C@H]1CN2CCC1CC2. The molecular weight excluding hydrogens is 220 g/mol. The molecule has 0 saturated carbocycles. The van der Waals surface area contributed by atoms with E-state index >= 15 is 0 Å². The number of rotatable bonds is 4. The van der Waals surface area contributed by atoms with E-state index in [2.05, 4.69) is 47.5 Å². The van der Waals surface area contributed by atoms with E-state index in [0.717, 1.165) is 18.4 Å². The summed E-state index contributed by atoms with van der Waals surface area (Å²) >= 11 is 0. The molecule has 1 aromatic rings. The molecule has 0 radical (unpaired) electrons. The summed E-state index contributed by atoms with van der Waals surface area (Å²) < 4.78 is 0. The lowest BCUT2D eigenvalue weighted by molar-refractivity contribution is 0.0680. The Morgan fingerprint density at radius 3 is 2.56 bits per heavy atom. The van der Waals surface area contributed by atoms with Gasteiger partial charge in [0.05, 0.1) is 0 Å². The molecule has 0 aliphatic carbocycles. The van der Waals surface area contributed by atoms with Gasteiger partial charge in [-0.05, 0) is 50.8 Å². The molecule has 1 N–H and O–H groups in total. The molecule has 2 heteroatoms. The Kier molecular flexibility index (Phi) is 3.67. The average molecular weight is 244 g/mol. The predicted octanol–water partition coefficient (Wildman–Crippen LogP) is 2.30. The van der Waals surface area contributed by atoms with E-state index in [-0.39, 0.29) is 0 Å². The van der Waals surface area contributed by atoms with E-state index in [1.165, 1.54) is 38.0 Å². The summed E-state index contributed by atoms with van der Waals surface area (Å²) in [5, 5.41) is 3.86. The Balaban J connectivity index is 1.53. The second-order valence-electron chi connectivity index (χ2n) is 6.00. The zero-order chi connectivity index (χ0) is 12.4. The minimum absolute atomic E-state index is 0.581. The normalized spacial score (nSPS) is 32.4. The molecule has 3 saturated heterocycles. The van der Waals surface area contributed by atoms with Gasteiger partial charge in [0.2, 0.25) is 0 Å². The van der Waals surface area contributed by atoms with E-state index in [1.807, 2.05) is 0 Å². The van der Waals surface area contributed by atoms with Gasteiger partial charge in [-0.1, -0.05) is 30.3 Å². The van der Waals surface area contributed by atoms with Gasteiger partial charge < -0.3 is 10.2 Å². The zero-order valence-corrected chi connectivity index (χ0v) is 11.3. The van der Waals surface area contributed by atoms with Gasteiger partial charge in [-0.25, -0.2) is 0 Å². The number of hydrogen-bond acceptors (Lipinski definition) is 2. The maximum absolute atomic E-state index is 3.86. The molecule has 18 heavy (non-hydrogen) atoms. The summed E-state index contributed by atoms with van der Waals surface area (Å²) in [6, 6.07) is 12.1. The van der Waals surface area contributed by atoms with Crippen molar-refractivity contribution in [3.8, 4) is 0 Å². The monoisotopic (exact) mass is 244 g/mol. The second-order valence-corrected chi connectivity index (χ2v) is 6.00. The zero-order valence-electron chi connectivity index (χ0n) is 11.3. The largest absolute Gasteiger partial charge is 0.310 e. The van der Waals surface area contributed by atoms with Gasteiger partial charge in [-0.15, -0.1) is 0 Å². The van der Waals surface area contributed by atoms with Crippen molar-refractivity contribution in [2.75, 3.05) is 19.6 Å². The molecule has 2 nitrogen and oxygen atoms in total. The van der Waals surface area contributed by atoms with Gasteiger partial charge in [0, 0.05) is 18.6 Å². The predicted molar refractivity (Wildman–Crippen MR) is 75.7 cm³/mol. The van der Waals surface area contributed by atoms with Crippen LogP contribution in [0.3, 0.4) is 0 Å². The lowest BCUT2D eigenvalue weighted by Gasteiger charge is -2.46. The average Bonchev–Trinajstić information content (AvgIpc) is 2.41. The van der Waals surface area contributed by atoms with E-state index in [0.29, 0.717) is 6.04 Å².